The van der Waals surface area contributed by atoms with E-state index in [9.17, 15) is 8.42 Å². The van der Waals surface area contributed by atoms with Crippen LogP contribution >= 0.6 is 10.7 Å². The van der Waals surface area contributed by atoms with Crippen LogP contribution in [0.3, 0.4) is 0 Å². The molecule has 0 bridgehead atoms. The van der Waals surface area contributed by atoms with Gasteiger partial charge in [0.2, 0.25) is 0 Å². The average Bonchev–Trinajstić information content (AvgIpc) is 2.04. The minimum Gasteiger partial charge on any atom is -0.381 e. The van der Waals surface area contributed by atoms with E-state index in [1.165, 1.54) is 0 Å². The zero-order valence-electron chi connectivity index (χ0n) is 7.28. The van der Waals surface area contributed by atoms with Crippen molar-refractivity contribution in [3.8, 4) is 0 Å². The molecule has 0 saturated carbocycles. The highest BCUT2D eigenvalue weighted by Gasteiger charge is 2.12. The van der Waals surface area contributed by atoms with Gasteiger partial charge in [-0.05, 0) is 25.2 Å². The summed E-state index contributed by atoms with van der Waals surface area (Å²) < 4.78 is 26.3. The predicted octanol–water partition coefficient (Wildman–Crippen LogP) is 1.89. The largest absolute Gasteiger partial charge is 0.381 e. The maximum Gasteiger partial charge on any atom is 0.254 e. The zero-order chi connectivity index (χ0) is 9.73. The van der Waals surface area contributed by atoms with Crippen molar-refractivity contribution in [1.82, 2.24) is 0 Å². The molecule has 3 nitrogen and oxygen atoms in total. The number of rotatable bonds is 3. The fourth-order valence-corrected chi connectivity index (χ4v) is 1.92. The second kappa shape index (κ2) is 4.98. The van der Waals surface area contributed by atoms with Gasteiger partial charge in [0.25, 0.3) is 9.05 Å². The van der Waals surface area contributed by atoms with Crippen LogP contribution in [0.2, 0.25) is 0 Å². The monoisotopic (exact) mass is 224 g/mol. The third kappa shape index (κ3) is 5.29. The van der Waals surface area contributed by atoms with Crippen LogP contribution in [0.15, 0.2) is 11.5 Å². The molecule has 0 aromatic rings. The van der Waals surface area contributed by atoms with Crippen LogP contribution in [-0.2, 0) is 13.8 Å². The Balaban J connectivity index is 2.29. The van der Waals surface area contributed by atoms with Crippen molar-refractivity contribution < 1.29 is 13.2 Å². The first-order valence-electron chi connectivity index (χ1n) is 4.27. The molecule has 13 heavy (non-hydrogen) atoms. The van der Waals surface area contributed by atoms with E-state index >= 15 is 0 Å². The molecule has 0 aromatic carbocycles. The lowest BCUT2D eigenvalue weighted by molar-refractivity contribution is 0.0560. The molecule has 5 heteroatoms. The van der Waals surface area contributed by atoms with Crippen LogP contribution in [0.25, 0.3) is 0 Å². The van der Waals surface area contributed by atoms with E-state index in [0.717, 1.165) is 37.9 Å². The normalized spacial score (nSPS) is 25.2. The van der Waals surface area contributed by atoms with Gasteiger partial charge < -0.3 is 4.74 Å². The highest BCUT2D eigenvalue weighted by molar-refractivity contribution is 8.16. The van der Waals surface area contributed by atoms with Gasteiger partial charge in [-0.3, -0.25) is 0 Å². The minimum absolute atomic E-state index is 0.448. The number of hydrogen-bond acceptors (Lipinski definition) is 3. The van der Waals surface area contributed by atoms with Crippen LogP contribution in [0, 0.1) is 5.92 Å². The molecule has 76 valence electrons. The summed E-state index contributed by atoms with van der Waals surface area (Å²) in [6.45, 7) is 1.56. The Kier molecular flexibility index (Phi) is 4.22. The van der Waals surface area contributed by atoms with Gasteiger partial charge in [-0.1, -0.05) is 6.08 Å². The lowest BCUT2D eigenvalue weighted by atomic mass is 9.99. The van der Waals surface area contributed by atoms with Crippen molar-refractivity contribution in [2.75, 3.05) is 13.2 Å². The van der Waals surface area contributed by atoms with E-state index in [4.69, 9.17) is 15.4 Å². The summed E-state index contributed by atoms with van der Waals surface area (Å²) in [5, 5.41) is 1.04. The fourth-order valence-electron chi connectivity index (χ4n) is 1.36. The maximum atomic E-state index is 10.5. The van der Waals surface area contributed by atoms with Crippen LogP contribution < -0.4 is 0 Å². The lowest BCUT2D eigenvalue weighted by Gasteiger charge is -2.20. The Hall–Kier alpha value is -0.0600. The Morgan fingerprint density at radius 1 is 1.54 bits per heavy atom. The average molecular weight is 225 g/mol. The van der Waals surface area contributed by atoms with Gasteiger partial charge in [0.05, 0.1) is 0 Å². The maximum absolute atomic E-state index is 10.5. The summed E-state index contributed by atoms with van der Waals surface area (Å²) in [4.78, 5) is 0. The summed E-state index contributed by atoms with van der Waals surface area (Å²) in [5.74, 6) is 0.448. The molecule has 0 aromatic heterocycles. The van der Waals surface area contributed by atoms with Crippen molar-refractivity contribution >= 4 is 19.7 Å². The van der Waals surface area contributed by atoms with Gasteiger partial charge in [-0.25, -0.2) is 8.42 Å². The van der Waals surface area contributed by atoms with Gasteiger partial charge in [0.15, 0.2) is 0 Å². The van der Waals surface area contributed by atoms with Crippen LogP contribution in [-0.4, -0.2) is 21.6 Å². The molecule has 0 N–H and O–H groups in total. The Labute approximate surface area is 83.1 Å². The van der Waals surface area contributed by atoms with E-state index in [1.807, 2.05) is 0 Å². The molecule has 0 amide bonds. The van der Waals surface area contributed by atoms with Gasteiger partial charge in [0.1, 0.15) is 0 Å². The smallest absolute Gasteiger partial charge is 0.254 e. The first-order valence-corrected chi connectivity index (χ1v) is 6.64. The third-order valence-electron chi connectivity index (χ3n) is 1.98. The predicted molar refractivity (Wildman–Crippen MR) is 52.1 cm³/mol. The zero-order valence-corrected chi connectivity index (χ0v) is 8.85. The van der Waals surface area contributed by atoms with Crippen LogP contribution in [0.4, 0.5) is 0 Å². The molecule has 1 saturated heterocycles. The molecule has 1 aliphatic heterocycles. The topological polar surface area (TPSA) is 43.4 Å². The summed E-state index contributed by atoms with van der Waals surface area (Å²) in [6.07, 6.45) is 4.49. The summed E-state index contributed by atoms with van der Waals surface area (Å²) in [7, 11) is 1.53. The van der Waals surface area contributed by atoms with E-state index < -0.39 is 9.05 Å². The molecule has 0 radical (unpaired) electrons. The number of hydrogen-bond donors (Lipinski definition) is 0. The van der Waals surface area contributed by atoms with Gasteiger partial charge >= 0.3 is 0 Å². The summed E-state index contributed by atoms with van der Waals surface area (Å²) >= 11 is 0. The number of halogens is 1. The van der Waals surface area contributed by atoms with Crippen molar-refractivity contribution in [1.29, 1.82) is 0 Å². The molecular weight excluding hydrogens is 212 g/mol. The highest BCUT2D eigenvalue weighted by Crippen LogP contribution is 2.17. The first kappa shape index (κ1) is 11.0. The van der Waals surface area contributed by atoms with E-state index in [2.05, 4.69) is 0 Å². The summed E-state index contributed by atoms with van der Waals surface area (Å²) in [6, 6.07) is 0. The molecule has 1 rings (SSSR count). The van der Waals surface area contributed by atoms with Crippen molar-refractivity contribution in [2.45, 2.75) is 19.3 Å². The van der Waals surface area contributed by atoms with Gasteiger partial charge in [-0.2, -0.15) is 0 Å². The van der Waals surface area contributed by atoms with Crippen LogP contribution in [0.5, 0.6) is 0 Å². The molecule has 1 unspecified atom stereocenters. The molecule has 0 spiro atoms. The summed E-state index contributed by atoms with van der Waals surface area (Å²) in [5.41, 5.74) is 0. The van der Waals surface area contributed by atoms with E-state index in [-0.39, 0.29) is 0 Å². The molecule has 1 atom stereocenters. The lowest BCUT2D eigenvalue weighted by Crippen LogP contribution is -2.16. The molecule has 1 heterocycles. The highest BCUT2D eigenvalue weighted by atomic mass is 35.7. The second-order valence-corrected chi connectivity index (χ2v) is 5.68. The Morgan fingerprint density at radius 2 is 2.31 bits per heavy atom. The molecule has 1 aliphatic rings. The van der Waals surface area contributed by atoms with Crippen LogP contribution in [0.1, 0.15) is 19.3 Å². The number of allylic oxidation sites excluding steroid dienone is 1. The first-order chi connectivity index (χ1) is 6.08. The van der Waals surface area contributed by atoms with E-state index in [1.54, 1.807) is 6.08 Å². The van der Waals surface area contributed by atoms with Gasteiger partial charge in [-0.15, -0.1) is 0 Å². The SMILES string of the molecule is O=S(=O)(Cl)/C=C\CC1CCCOC1. The van der Waals surface area contributed by atoms with Crippen molar-refractivity contribution in [3.63, 3.8) is 0 Å². The second-order valence-electron chi connectivity index (χ2n) is 3.17. The quantitative estimate of drug-likeness (QED) is 0.688. The van der Waals surface area contributed by atoms with Crippen molar-refractivity contribution in [2.24, 2.45) is 5.92 Å². The molecule has 1 fully saturated rings. The minimum atomic E-state index is -3.47. The van der Waals surface area contributed by atoms with Crippen molar-refractivity contribution in [3.05, 3.63) is 11.5 Å². The Morgan fingerprint density at radius 3 is 2.85 bits per heavy atom. The molecular formula is C8H13ClO3S. The molecule has 0 aliphatic carbocycles. The van der Waals surface area contributed by atoms with E-state index in [0.29, 0.717) is 5.92 Å². The Bertz CT molecular complexity index is 265. The standard InChI is InChI=1S/C8H13ClO3S/c9-13(10,11)6-2-4-8-3-1-5-12-7-8/h2,6,8H,1,3-5,7H2/b6-2-. The van der Waals surface area contributed by atoms with Gasteiger partial charge in [0, 0.05) is 29.3 Å². The fraction of sp³-hybridized carbons (Fsp3) is 0.750. The third-order valence-corrected chi connectivity index (χ3v) is 2.81. The number of ether oxygens (including phenoxy) is 1.